The summed E-state index contributed by atoms with van der Waals surface area (Å²) < 4.78 is 13.2. The fraction of sp³-hybridized carbons (Fsp3) is 0.368. The summed E-state index contributed by atoms with van der Waals surface area (Å²) in [6, 6.07) is 9.86. The molecule has 2 aromatic rings. The van der Waals surface area contributed by atoms with Crippen LogP contribution in [-0.2, 0) is 9.59 Å². The van der Waals surface area contributed by atoms with Gasteiger partial charge in [-0.2, -0.15) is 0 Å². The number of benzene rings is 1. The summed E-state index contributed by atoms with van der Waals surface area (Å²) in [6.45, 7) is 2.79. The van der Waals surface area contributed by atoms with E-state index in [1.807, 2.05) is 17.5 Å². The van der Waals surface area contributed by atoms with Crippen molar-refractivity contribution >= 4 is 23.2 Å². The average molecular weight is 360 g/mol. The van der Waals surface area contributed by atoms with Crippen molar-refractivity contribution < 1.29 is 14.0 Å². The van der Waals surface area contributed by atoms with E-state index in [1.54, 1.807) is 35.3 Å². The van der Waals surface area contributed by atoms with Gasteiger partial charge in [0.25, 0.3) is 0 Å². The molecule has 1 saturated heterocycles. The molecule has 25 heavy (non-hydrogen) atoms. The van der Waals surface area contributed by atoms with Crippen LogP contribution in [0.25, 0.3) is 0 Å². The van der Waals surface area contributed by atoms with E-state index < -0.39 is 0 Å². The number of carbonyl (C=O) groups is 2. The molecule has 0 spiro atoms. The Bertz CT molecular complexity index is 722. The number of halogens is 1. The smallest absolute Gasteiger partial charge is 0.224 e. The molecule has 1 aromatic carbocycles. The van der Waals surface area contributed by atoms with Crippen LogP contribution in [0.3, 0.4) is 0 Å². The molecule has 0 aliphatic carbocycles. The lowest BCUT2D eigenvalue weighted by Crippen LogP contribution is -2.43. The highest BCUT2D eigenvalue weighted by molar-refractivity contribution is 7.10. The highest BCUT2D eigenvalue weighted by Crippen LogP contribution is 2.28. The summed E-state index contributed by atoms with van der Waals surface area (Å²) >= 11 is 1.56. The molecule has 0 bridgehead atoms. The second-order valence-electron chi connectivity index (χ2n) is 6.29. The summed E-state index contributed by atoms with van der Waals surface area (Å²) in [4.78, 5) is 26.9. The summed E-state index contributed by atoms with van der Waals surface area (Å²) in [5.41, 5.74) is 0.860. The van der Waals surface area contributed by atoms with Gasteiger partial charge < -0.3 is 10.2 Å². The average Bonchev–Trinajstić information content (AvgIpc) is 3.15. The number of piperidine rings is 1. The molecule has 1 unspecified atom stereocenters. The molecule has 2 amide bonds. The highest BCUT2D eigenvalue weighted by Gasteiger charge is 2.28. The number of nitrogens with one attached hydrogen (secondary N) is 1. The minimum atomic E-state index is -0.295. The fourth-order valence-corrected chi connectivity index (χ4v) is 3.95. The van der Waals surface area contributed by atoms with Gasteiger partial charge in [-0.25, -0.2) is 4.39 Å². The van der Waals surface area contributed by atoms with Gasteiger partial charge >= 0.3 is 0 Å². The van der Waals surface area contributed by atoms with Crippen molar-refractivity contribution in [1.82, 2.24) is 10.2 Å². The SMILES string of the molecule is CC(=O)N1CCC(C(=O)NC(c2ccc(F)cc2)c2cccs2)CC1. The quantitative estimate of drug-likeness (QED) is 0.909. The Kier molecular flexibility index (Phi) is 5.48. The van der Waals surface area contributed by atoms with Crippen molar-refractivity contribution in [2.45, 2.75) is 25.8 Å². The van der Waals surface area contributed by atoms with Gasteiger partial charge in [0.1, 0.15) is 5.82 Å². The number of amides is 2. The van der Waals surface area contributed by atoms with E-state index in [0.717, 1.165) is 10.4 Å². The molecular formula is C19H21FN2O2S. The van der Waals surface area contributed by atoms with Crippen molar-refractivity contribution in [2.24, 2.45) is 5.92 Å². The molecule has 132 valence electrons. The monoisotopic (exact) mass is 360 g/mol. The number of nitrogens with zero attached hydrogens (tertiary/aromatic N) is 1. The third-order valence-electron chi connectivity index (χ3n) is 4.63. The van der Waals surface area contributed by atoms with Crippen LogP contribution in [0.5, 0.6) is 0 Å². The number of thiophene rings is 1. The summed E-state index contributed by atoms with van der Waals surface area (Å²) in [6.07, 6.45) is 1.35. The fourth-order valence-electron chi connectivity index (χ4n) is 3.15. The minimum absolute atomic E-state index is 0.00840. The van der Waals surface area contributed by atoms with Crippen LogP contribution in [0.1, 0.15) is 36.2 Å². The largest absolute Gasteiger partial charge is 0.344 e. The molecule has 2 heterocycles. The normalized spacial score (nSPS) is 16.5. The minimum Gasteiger partial charge on any atom is -0.344 e. The third kappa shape index (κ3) is 4.25. The van der Waals surface area contributed by atoms with E-state index in [-0.39, 0.29) is 29.6 Å². The Hall–Kier alpha value is -2.21. The lowest BCUT2D eigenvalue weighted by Gasteiger charge is -2.31. The first kappa shape index (κ1) is 17.6. The number of hydrogen-bond acceptors (Lipinski definition) is 3. The van der Waals surface area contributed by atoms with Crippen LogP contribution < -0.4 is 5.32 Å². The topological polar surface area (TPSA) is 49.4 Å². The predicted octanol–water partition coefficient (Wildman–Crippen LogP) is 3.35. The Balaban J connectivity index is 1.71. The zero-order valence-corrected chi connectivity index (χ0v) is 14.9. The zero-order chi connectivity index (χ0) is 17.8. The van der Waals surface area contributed by atoms with Gasteiger partial charge in [-0.3, -0.25) is 9.59 Å². The Labute approximate surface area is 150 Å². The zero-order valence-electron chi connectivity index (χ0n) is 14.1. The van der Waals surface area contributed by atoms with E-state index in [0.29, 0.717) is 25.9 Å². The van der Waals surface area contributed by atoms with Crippen molar-refractivity contribution in [3.8, 4) is 0 Å². The summed E-state index contributed by atoms with van der Waals surface area (Å²) in [5, 5.41) is 5.08. The van der Waals surface area contributed by atoms with Gasteiger partial charge in [0.2, 0.25) is 11.8 Å². The number of carbonyl (C=O) groups excluding carboxylic acids is 2. The molecule has 1 N–H and O–H groups in total. The predicted molar refractivity (Wildman–Crippen MR) is 95.7 cm³/mol. The van der Waals surface area contributed by atoms with Crippen molar-refractivity contribution in [3.05, 3.63) is 58.0 Å². The van der Waals surface area contributed by atoms with Crippen LogP contribution >= 0.6 is 11.3 Å². The second-order valence-corrected chi connectivity index (χ2v) is 7.27. The standard InChI is InChI=1S/C19H21FN2O2S/c1-13(23)22-10-8-15(9-11-22)19(24)21-18(17-3-2-12-25-17)14-4-6-16(20)7-5-14/h2-7,12,15,18H,8-11H2,1H3,(H,21,24). The van der Waals surface area contributed by atoms with Crippen LogP contribution in [0.15, 0.2) is 41.8 Å². The van der Waals surface area contributed by atoms with Crippen molar-refractivity contribution in [1.29, 1.82) is 0 Å². The Morgan fingerprint density at radius 3 is 2.44 bits per heavy atom. The maximum absolute atomic E-state index is 13.2. The number of hydrogen-bond donors (Lipinski definition) is 1. The molecular weight excluding hydrogens is 339 g/mol. The molecule has 6 heteroatoms. The lowest BCUT2D eigenvalue weighted by molar-refractivity contribution is -0.134. The summed E-state index contributed by atoms with van der Waals surface area (Å²) in [5.74, 6) is -0.345. The van der Waals surface area contributed by atoms with Gasteiger partial charge in [-0.1, -0.05) is 18.2 Å². The van der Waals surface area contributed by atoms with Crippen LogP contribution in [0.2, 0.25) is 0 Å². The first-order chi connectivity index (χ1) is 12.0. The number of likely N-dealkylation sites (tertiary alicyclic amines) is 1. The third-order valence-corrected chi connectivity index (χ3v) is 5.57. The van der Waals surface area contributed by atoms with E-state index in [2.05, 4.69) is 5.32 Å². The maximum Gasteiger partial charge on any atom is 0.224 e. The molecule has 0 saturated carbocycles. The molecule has 0 radical (unpaired) electrons. The molecule has 1 aliphatic heterocycles. The Morgan fingerprint density at radius 2 is 1.88 bits per heavy atom. The molecule has 1 aromatic heterocycles. The molecule has 3 rings (SSSR count). The van der Waals surface area contributed by atoms with Crippen LogP contribution in [0, 0.1) is 11.7 Å². The lowest BCUT2D eigenvalue weighted by atomic mass is 9.94. The highest BCUT2D eigenvalue weighted by atomic mass is 32.1. The van der Waals surface area contributed by atoms with Crippen molar-refractivity contribution in [2.75, 3.05) is 13.1 Å². The molecule has 4 nitrogen and oxygen atoms in total. The van der Waals surface area contributed by atoms with Gasteiger partial charge in [0.15, 0.2) is 0 Å². The van der Waals surface area contributed by atoms with Crippen LogP contribution in [0.4, 0.5) is 4.39 Å². The van der Waals surface area contributed by atoms with Gasteiger partial charge in [-0.15, -0.1) is 11.3 Å². The van der Waals surface area contributed by atoms with Gasteiger partial charge in [0.05, 0.1) is 6.04 Å². The van der Waals surface area contributed by atoms with E-state index >= 15 is 0 Å². The molecule has 1 fully saturated rings. The van der Waals surface area contributed by atoms with E-state index in [1.165, 1.54) is 12.1 Å². The number of rotatable bonds is 4. The van der Waals surface area contributed by atoms with Gasteiger partial charge in [-0.05, 0) is 42.0 Å². The van der Waals surface area contributed by atoms with Crippen LogP contribution in [-0.4, -0.2) is 29.8 Å². The summed E-state index contributed by atoms with van der Waals surface area (Å²) in [7, 11) is 0. The first-order valence-corrected chi connectivity index (χ1v) is 9.27. The first-order valence-electron chi connectivity index (χ1n) is 8.39. The van der Waals surface area contributed by atoms with Gasteiger partial charge in [0, 0.05) is 30.8 Å². The Morgan fingerprint density at radius 1 is 1.20 bits per heavy atom. The maximum atomic E-state index is 13.2. The van der Waals surface area contributed by atoms with E-state index in [4.69, 9.17) is 0 Å². The molecule has 1 atom stereocenters. The molecule has 1 aliphatic rings. The second kappa shape index (κ2) is 7.78. The van der Waals surface area contributed by atoms with Crippen molar-refractivity contribution in [3.63, 3.8) is 0 Å². The van der Waals surface area contributed by atoms with E-state index in [9.17, 15) is 14.0 Å².